The number of ether oxygens (including phenoxy) is 2. The summed E-state index contributed by atoms with van der Waals surface area (Å²) in [4.78, 5) is 27.8. The van der Waals surface area contributed by atoms with Gasteiger partial charge in [-0.3, -0.25) is 0 Å². The van der Waals surface area contributed by atoms with Crippen LogP contribution >= 0.6 is 23.2 Å². The Balaban J connectivity index is 2.36. The summed E-state index contributed by atoms with van der Waals surface area (Å²) < 4.78 is 10.2. The monoisotopic (exact) mass is 459 g/mol. The minimum absolute atomic E-state index is 0.323. The Kier molecular flexibility index (Phi) is 6.77. The number of nitrogens with zero attached hydrogens (tertiary/aromatic N) is 1. The molecule has 0 fully saturated rings. The molecule has 0 amide bonds. The Bertz CT molecular complexity index is 1080. The van der Waals surface area contributed by atoms with Crippen molar-refractivity contribution in [2.24, 2.45) is 0 Å². The topological polar surface area (TPSA) is 55.8 Å². The van der Waals surface area contributed by atoms with E-state index in [1.807, 2.05) is 49.9 Å². The zero-order valence-corrected chi connectivity index (χ0v) is 19.5. The van der Waals surface area contributed by atoms with Crippen LogP contribution < -0.4 is 4.90 Å². The number of allylic oxidation sites excluding steroid dienone is 2. The fourth-order valence-corrected chi connectivity index (χ4v) is 4.29. The van der Waals surface area contributed by atoms with Crippen LogP contribution in [0.2, 0.25) is 10.0 Å². The van der Waals surface area contributed by atoms with Gasteiger partial charge in [-0.2, -0.15) is 0 Å². The zero-order chi connectivity index (χ0) is 22.9. The van der Waals surface area contributed by atoms with Gasteiger partial charge in [-0.05, 0) is 56.2 Å². The first-order valence-corrected chi connectivity index (χ1v) is 10.4. The molecule has 0 N–H and O–H groups in total. The highest BCUT2D eigenvalue weighted by Gasteiger charge is 2.40. The van der Waals surface area contributed by atoms with Crippen molar-refractivity contribution in [2.75, 3.05) is 19.1 Å². The van der Waals surface area contributed by atoms with Crippen LogP contribution in [0.4, 0.5) is 5.69 Å². The van der Waals surface area contributed by atoms with E-state index in [2.05, 4.69) is 0 Å². The van der Waals surface area contributed by atoms with Crippen molar-refractivity contribution in [3.63, 3.8) is 0 Å². The SMILES string of the molecule is COC(=O)C1=C(C)N(c2cccc(C)c2)C(C)=C(C(=O)OC)C1c1ccc(Cl)c(Cl)c1. The van der Waals surface area contributed by atoms with Crippen molar-refractivity contribution < 1.29 is 19.1 Å². The Morgan fingerprint density at radius 2 is 1.42 bits per heavy atom. The first kappa shape index (κ1) is 22.9. The largest absolute Gasteiger partial charge is 0.466 e. The third kappa shape index (κ3) is 4.21. The normalized spacial score (nSPS) is 14.7. The van der Waals surface area contributed by atoms with Crippen LogP contribution in [-0.2, 0) is 19.1 Å². The van der Waals surface area contributed by atoms with E-state index in [9.17, 15) is 9.59 Å². The number of hydrogen-bond acceptors (Lipinski definition) is 5. The summed E-state index contributed by atoms with van der Waals surface area (Å²) in [5, 5.41) is 0.701. The second kappa shape index (κ2) is 9.16. The Hall–Kier alpha value is -2.76. The van der Waals surface area contributed by atoms with Gasteiger partial charge in [-0.15, -0.1) is 0 Å². The van der Waals surface area contributed by atoms with Gasteiger partial charge >= 0.3 is 11.9 Å². The predicted octanol–water partition coefficient (Wildman–Crippen LogP) is 5.80. The van der Waals surface area contributed by atoms with Gasteiger partial charge in [0.2, 0.25) is 0 Å². The number of hydrogen-bond donors (Lipinski definition) is 0. The van der Waals surface area contributed by atoms with Crippen LogP contribution in [-0.4, -0.2) is 26.2 Å². The molecule has 0 radical (unpaired) electrons. The van der Waals surface area contributed by atoms with E-state index in [-0.39, 0.29) is 0 Å². The molecule has 0 spiro atoms. The fraction of sp³-hybridized carbons (Fsp3) is 0.250. The van der Waals surface area contributed by atoms with Gasteiger partial charge in [-0.1, -0.05) is 41.4 Å². The van der Waals surface area contributed by atoms with Crippen LogP contribution in [0.5, 0.6) is 0 Å². The van der Waals surface area contributed by atoms with Gasteiger partial charge in [0.15, 0.2) is 0 Å². The second-order valence-corrected chi connectivity index (χ2v) is 8.08. The maximum absolute atomic E-state index is 13.0. The number of carbonyl (C=O) groups is 2. The highest BCUT2D eigenvalue weighted by Crippen LogP contribution is 2.45. The van der Waals surface area contributed by atoms with E-state index in [4.69, 9.17) is 32.7 Å². The average Bonchev–Trinajstić information content (AvgIpc) is 2.74. The predicted molar refractivity (Wildman–Crippen MR) is 122 cm³/mol. The molecule has 31 heavy (non-hydrogen) atoms. The summed E-state index contributed by atoms with van der Waals surface area (Å²) in [6, 6.07) is 12.8. The third-order valence-electron chi connectivity index (χ3n) is 5.38. The maximum Gasteiger partial charge on any atom is 0.336 e. The van der Waals surface area contributed by atoms with Gasteiger partial charge in [0.1, 0.15) is 0 Å². The molecule has 2 aromatic rings. The summed E-state index contributed by atoms with van der Waals surface area (Å²) >= 11 is 12.4. The molecule has 0 bridgehead atoms. The standard InChI is InChI=1S/C24H23Cl2NO4/c1-13-7-6-8-17(11-13)27-14(2)20(23(28)30-4)22(21(15(27)3)24(29)31-5)16-9-10-18(25)19(26)12-16/h6-12,22H,1-5H3. The van der Waals surface area contributed by atoms with Crippen molar-refractivity contribution in [3.05, 3.63) is 86.2 Å². The summed E-state index contributed by atoms with van der Waals surface area (Å²) in [5.41, 5.74) is 4.46. The van der Waals surface area contributed by atoms with Crippen molar-refractivity contribution in [3.8, 4) is 0 Å². The molecule has 1 heterocycles. The number of esters is 2. The third-order valence-corrected chi connectivity index (χ3v) is 6.11. The van der Waals surface area contributed by atoms with E-state index in [0.29, 0.717) is 38.1 Å². The Morgan fingerprint density at radius 1 is 0.839 bits per heavy atom. The summed E-state index contributed by atoms with van der Waals surface area (Å²) in [6.45, 7) is 5.64. The fourth-order valence-electron chi connectivity index (χ4n) is 3.99. The van der Waals surface area contributed by atoms with E-state index in [0.717, 1.165) is 11.3 Å². The van der Waals surface area contributed by atoms with Crippen LogP contribution in [0.25, 0.3) is 0 Å². The van der Waals surface area contributed by atoms with E-state index < -0.39 is 17.9 Å². The molecule has 0 saturated carbocycles. The number of halogens is 2. The van der Waals surface area contributed by atoms with Crippen LogP contribution in [0.15, 0.2) is 65.0 Å². The van der Waals surface area contributed by atoms with Gasteiger partial charge in [0.05, 0.1) is 41.3 Å². The first-order chi connectivity index (χ1) is 14.7. The Labute approximate surface area is 191 Å². The number of benzene rings is 2. The number of carbonyl (C=O) groups excluding carboxylic acids is 2. The van der Waals surface area contributed by atoms with Gasteiger partial charge < -0.3 is 14.4 Å². The molecule has 1 aliphatic heterocycles. The molecule has 7 heteroatoms. The molecule has 3 rings (SSSR count). The molecule has 1 aliphatic rings. The zero-order valence-electron chi connectivity index (χ0n) is 18.0. The number of methoxy groups -OCH3 is 2. The van der Waals surface area contributed by atoms with Crippen molar-refractivity contribution in [1.29, 1.82) is 0 Å². The lowest BCUT2D eigenvalue weighted by atomic mass is 9.79. The van der Waals surface area contributed by atoms with Crippen LogP contribution in [0, 0.1) is 6.92 Å². The molecular weight excluding hydrogens is 437 g/mol. The molecule has 0 aromatic heterocycles. The Morgan fingerprint density at radius 3 is 1.90 bits per heavy atom. The molecule has 162 valence electrons. The molecule has 2 aromatic carbocycles. The van der Waals surface area contributed by atoms with Crippen molar-refractivity contribution >= 4 is 40.8 Å². The molecule has 0 unspecified atom stereocenters. The van der Waals surface area contributed by atoms with Crippen molar-refractivity contribution in [2.45, 2.75) is 26.7 Å². The van der Waals surface area contributed by atoms with E-state index in [1.54, 1.807) is 18.2 Å². The number of aryl methyl sites for hydroxylation is 1. The maximum atomic E-state index is 13.0. The summed E-state index contributed by atoms with van der Waals surface area (Å²) in [5.74, 6) is -1.81. The molecule has 5 nitrogen and oxygen atoms in total. The lowest BCUT2D eigenvalue weighted by Crippen LogP contribution is -2.35. The minimum Gasteiger partial charge on any atom is -0.466 e. The highest BCUT2D eigenvalue weighted by atomic mass is 35.5. The average molecular weight is 460 g/mol. The smallest absolute Gasteiger partial charge is 0.336 e. The molecular formula is C24H23Cl2NO4. The minimum atomic E-state index is -0.726. The van der Waals surface area contributed by atoms with Crippen LogP contribution in [0.1, 0.15) is 30.9 Å². The van der Waals surface area contributed by atoms with E-state index >= 15 is 0 Å². The lowest BCUT2D eigenvalue weighted by molar-refractivity contribution is -0.137. The van der Waals surface area contributed by atoms with Gasteiger partial charge in [0.25, 0.3) is 0 Å². The van der Waals surface area contributed by atoms with Gasteiger partial charge in [-0.25, -0.2) is 9.59 Å². The van der Waals surface area contributed by atoms with Gasteiger partial charge in [0, 0.05) is 17.1 Å². The molecule has 0 saturated heterocycles. The number of rotatable bonds is 4. The van der Waals surface area contributed by atoms with E-state index in [1.165, 1.54) is 14.2 Å². The summed E-state index contributed by atoms with van der Waals surface area (Å²) in [7, 11) is 2.63. The lowest BCUT2D eigenvalue weighted by Gasteiger charge is -2.38. The number of anilines is 1. The van der Waals surface area contributed by atoms with Crippen molar-refractivity contribution in [1.82, 2.24) is 0 Å². The first-order valence-electron chi connectivity index (χ1n) is 9.61. The second-order valence-electron chi connectivity index (χ2n) is 7.26. The molecule has 0 atom stereocenters. The quantitative estimate of drug-likeness (QED) is 0.540. The van der Waals surface area contributed by atoms with Crippen LogP contribution in [0.3, 0.4) is 0 Å². The highest BCUT2D eigenvalue weighted by molar-refractivity contribution is 6.42. The summed E-state index contributed by atoms with van der Waals surface area (Å²) in [6.07, 6.45) is 0. The molecule has 0 aliphatic carbocycles.